The fourth-order valence-electron chi connectivity index (χ4n) is 5.40. The Morgan fingerprint density at radius 2 is 2.14 bits per heavy atom. The van der Waals surface area contributed by atoms with Gasteiger partial charge in [-0.25, -0.2) is 0 Å². The maximum Gasteiger partial charge on any atom is 0.138 e. The molecule has 0 amide bonds. The Morgan fingerprint density at radius 1 is 1.27 bits per heavy atom. The first-order chi connectivity index (χ1) is 10.6. The van der Waals surface area contributed by atoms with Gasteiger partial charge >= 0.3 is 0 Å². The minimum atomic E-state index is 0.329. The summed E-state index contributed by atoms with van der Waals surface area (Å²) in [6, 6.07) is 5.29. The van der Waals surface area contributed by atoms with Crippen LogP contribution in [0.15, 0.2) is 12.1 Å². The quantitative estimate of drug-likeness (QED) is 0.732. The normalized spacial score (nSPS) is 33.2. The Morgan fingerprint density at radius 3 is 2.95 bits per heavy atom. The molecule has 2 fully saturated rings. The molecule has 1 heterocycles. The molecule has 120 valence electrons. The van der Waals surface area contributed by atoms with Crippen LogP contribution in [-0.4, -0.2) is 23.7 Å². The first-order valence-electron chi connectivity index (χ1n) is 8.96. The highest BCUT2D eigenvalue weighted by atomic mass is 16.3. The lowest BCUT2D eigenvalue weighted by molar-refractivity contribution is 0.0796. The van der Waals surface area contributed by atoms with Crippen LogP contribution in [0.4, 0.5) is 5.69 Å². The van der Waals surface area contributed by atoms with E-state index in [1.807, 2.05) is 0 Å². The molecular weight excluding hydrogens is 272 g/mol. The van der Waals surface area contributed by atoms with Crippen molar-refractivity contribution in [3.05, 3.63) is 23.3 Å². The molecule has 2 aliphatic carbocycles. The molecule has 4 rings (SSSR count). The molecule has 3 atom stereocenters. The van der Waals surface area contributed by atoms with Crippen LogP contribution in [0, 0.1) is 5.92 Å². The third-order valence-electron chi connectivity index (χ3n) is 6.20. The van der Waals surface area contributed by atoms with Crippen molar-refractivity contribution in [3.63, 3.8) is 0 Å². The van der Waals surface area contributed by atoms with Crippen LogP contribution in [0.5, 0.6) is 5.75 Å². The monoisotopic (exact) mass is 300 g/mol. The summed E-state index contributed by atoms with van der Waals surface area (Å²) in [6.07, 6.45) is 7.73. The van der Waals surface area contributed by atoms with Crippen LogP contribution in [0.25, 0.3) is 0 Å². The van der Waals surface area contributed by atoms with Crippen molar-refractivity contribution in [1.29, 1.82) is 0 Å². The van der Waals surface area contributed by atoms with Gasteiger partial charge < -0.3 is 15.7 Å². The average molecular weight is 300 g/mol. The van der Waals surface area contributed by atoms with Crippen molar-refractivity contribution in [2.24, 2.45) is 5.92 Å². The molecule has 0 spiro atoms. The SMILES string of the molecule is CC(C)Nc1cc2c(cc1O)[C@]13CCCC[C@@H]1[C@H](C2)NCC3. The maximum atomic E-state index is 10.5. The molecule has 1 aromatic carbocycles. The van der Waals surface area contributed by atoms with Crippen LogP contribution in [0.3, 0.4) is 0 Å². The fraction of sp³-hybridized carbons (Fsp3) is 0.684. The number of aromatic hydroxyl groups is 1. The van der Waals surface area contributed by atoms with Crippen LogP contribution < -0.4 is 10.6 Å². The van der Waals surface area contributed by atoms with Crippen LogP contribution >= 0.6 is 0 Å². The molecule has 1 saturated carbocycles. The second-order valence-electron chi connectivity index (χ2n) is 7.85. The second-order valence-corrected chi connectivity index (χ2v) is 7.85. The minimum Gasteiger partial charge on any atom is -0.506 e. The number of anilines is 1. The van der Waals surface area contributed by atoms with Gasteiger partial charge in [-0.15, -0.1) is 0 Å². The van der Waals surface area contributed by atoms with Crippen molar-refractivity contribution < 1.29 is 5.11 Å². The highest BCUT2D eigenvalue weighted by molar-refractivity contribution is 5.62. The zero-order valence-electron chi connectivity index (χ0n) is 13.8. The molecule has 0 unspecified atom stereocenters. The number of rotatable bonds is 2. The number of nitrogens with one attached hydrogen (secondary N) is 2. The summed E-state index contributed by atoms with van der Waals surface area (Å²) < 4.78 is 0. The van der Waals surface area contributed by atoms with E-state index in [4.69, 9.17) is 0 Å². The van der Waals surface area contributed by atoms with E-state index in [-0.39, 0.29) is 0 Å². The van der Waals surface area contributed by atoms with Gasteiger partial charge in [0, 0.05) is 17.5 Å². The van der Waals surface area contributed by atoms with Crippen LogP contribution in [0.1, 0.15) is 57.1 Å². The third-order valence-corrected chi connectivity index (χ3v) is 6.20. The van der Waals surface area contributed by atoms with Gasteiger partial charge in [0.2, 0.25) is 0 Å². The van der Waals surface area contributed by atoms with Gasteiger partial charge in [0.1, 0.15) is 5.75 Å². The van der Waals surface area contributed by atoms with Gasteiger partial charge in [0.05, 0.1) is 5.69 Å². The van der Waals surface area contributed by atoms with E-state index in [1.165, 1.54) is 43.2 Å². The number of phenolic OH excluding ortho intramolecular Hbond substituents is 1. The number of hydrogen-bond donors (Lipinski definition) is 3. The van der Waals surface area contributed by atoms with E-state index in [0.717, 1.165) is 24.6 Å². The van der Waals surface area contributed by atoms with E-state index in [0.29, 0.717) is 23.2 Å². The lowest BCUT2D eigenvalue weighted by atomic mass is 9.53. The largest absolute Gasteiger partial charge is 0.506 e. The molecule has 3 N–H and O–H groups in total. The molecule has 0 radical (unpaired) electrons. The average Bonchev–Trinajstić information content (AvgIpc) is 2.49. The van der Waals surface area contributed by atoms with E-state index in [9.17, 15) is 5.11 Å². The fourth-order valence-corrected chi connectivity index (χ4v) is 5.40. The summed E-state index contributed by atoms with van der Waals surface area (Å²) in [6.45, 7) is 5.36. The Labute approximate surface area is 133 Å². The molecule has 1 aliphatic heterocycles. The van der Waals surface area contributed by atoms with Gasteiger partial charge in [-0.3, -0.25) is 0 Å². The number of benzene rings is 1. The van der Waals surface area contributed by atoms with Gasteiger partial charge in [-0.05, 0) is 75.3 Å². The highest BCUT2D eigenvalue weighted by Crippen LogP contribution is 2.55. The molecule has 1 aromatic rings. The summed E-state index contributed by atoms with van der Waals surface area (Å²) in [5.41, 5.74) is 4.14. The Kier molecular flexibility index (Phi) is 3.37. The van der Waals surface area contributed by atoms with Gasteiger partial charge in [0.15, 0.2) is 0 Å². The lowest BCUT2D eigenvalue weighted by Gasteiger charge is -2.56. The van der Waals surface area contributed by atoms with Crippen LogP contribution in [-0.2, 0) is 11.8 Å². The summed E-state index contributed by atoms with van der Waals surface area (Å²) in [5, 5.41) is 17.7. The molecule has 0 aromatic heterocycles. The number of hydrogen-bond acceptors (Lipinski definition) is 3. The maximum absolute atomic E-state index is 10.5. The van der Waals surface area contributed by atoms with E-state index in [2.05, 4.69) is 36.6 Å². The smallest absolute Gasteiger partial charge is 0.138 e. The van der Waals surface area contributed by atoms with Gasteiger partial charge in [0.25, 0.3) is 0 Å². The van der Waals surface area contributed by atoms with E-state index < -0.39 is 0 Å². The molecule has 3 heteroatoms. The summed E-state index contributed by atoms with van der Waals surface area (Å²) in [7, 11) is 0. The Hall–Kier alpha value is -1.22. The molecule has 2 bridgehead atoms. The third kappa shape index (κ3) is 2.05. The van der Waals surface area contributed by atoms with Crippen LogP contribution in [0.2, 0.25) is 0 Å². The van der Waals surface area contributed by atoms with Crippen molar-refractivity contribution in [1.82, 2.24) is 5.32 Å². The van der Waals surface area contributed by atoms with Crippen molar-refractivity contribution in [3.8, 4) is 5.75 Å². The number of fused-ring (bicyclic) bond motifs is 1. The van der Waals surface area contributed by atoms with E-state index in [1.54, 1.807) is 0 Å². The molecular formula is C19H28N2O. The first-order valence-corrected chi connectivity index (χ1v) is 8.96. The predicted molar refractivity (Wildman–Crippen MR) is 90.6 cm³/mol. The predicted octanol–water partition coefficient (Wildman–Crippen LogP) is 3.56. The molecule has 1 saturated heterocycles. The zero-order valence-corrected chi connectivity index (χ0v) is 13.8. The standard InChI is InChI=1S/C19H28N2O/c1-12(2)21-17-10-13-9-16-14-5-3-4-6-19(14,7-8-20-16)15(13)11-18(17)22/h10-12,14,16,20-22H,3-9H2,1-2H3/t14-,16+,19+/m1/s1. The molecule has 3 aliphatic rings. The van der Waals surface area contributed by atoms with Crippen molar-refractivity contribution in [2.75, 3.05) is 11.9 Å². The molecule has 22 heavy (non-hydrogen) atoms. The van der Waals surface area contributed by atoms with Gasteiger partial charge in [-0.2, -0.15) is 0 Å². The van der Waals surface area contributed by atoms with E-state index >= 15 is 0 Å². The van der Waals surface area contributed by atoms with Crippen molar-refractivity contribution >= 4 is 5.69 Å². The Bertz CT molecular complexity index is 579. The Balaban J connectivity index is 1.81. The second kappa shape index (κ2) is 5.16. The highest BCUT2D eigenvalue weighted by Gasteiger charge is 2.51. The minimum absolute atomic E-state index is 0.329. The summed E-state index contributed by atoms with van der Waals surface area (Å²) >= 11 is 0. The molecule has 3 nitrogen and oxygen atoms in total. The summed E-state index contributed by atoms with van der Waals surface area (Å²) in [4.78, 5) is 0. The number of phenols is 1. The first kappa shape index (κ1) is 14.4. The summed E-state index contributed by atoms with van der Waals surface area (Å²) in [5.74, 6) is 1.20. The lowest BCUT2D eigenvalue weighted by Crippen LogP contribution is -2.59. The van der Waals surface area contributed by atoms with Gasteiger partial charge in [-0.1, -0.05) is 12.8 Å². The zero-order chi connectivity index (χ0) is 15.3. The topological polar surface area (TPSA) is 44.3 Å². The number of piperidine rings is 1. The van der Waals surface area contributed by atoms with Crippen molar-refractivity contribution in [2.45, 2.75) is 69.9 Å².